The van der Waals surface area contributed by atoms with Crippen LogP contribution in [-0.4, -0.2) is 9.97 Å². The first-order valence-electron chi connectivity index (χ1n) is 6.47. The summed E-state index contributed by atoms with van der Waals surface area (Å²) in [6.07, 6.45) is 6.06. The second-order valence-electron chi connectivity index (χ2n) is 5.35. The van der Waals surface area contributed by atoms with E-state index in [0.717, 1.165) is 29.8 Å². The van der Waals surface area contributed by atoms with Crippen LogP contribution in [0, 0.1) is 11.8 Å². The van der Waals surface area contributed by atoms with Gasteiger partial charge in [0.25, 0.3) is 5.56 Å². The van der Waals surface area contributed by atoms with Gasteiger partial charge in [-0.05, 0) is 53.4 Å². The van der Waals surface area contributed by atoms with Crippen molar-refractivity contribution in [3.63, 3.8) is 0 Å². The molecule has 0 aliphatic heterocycles. The fraction of sp³-hybridized carbons (Fsp3) is 0.692. The molecule has 0 saturated heterocycles. The maximum absolute atomic E-state index is 11.8. The van der Waals surface area contributed by atoms with E-state index in [4.69, 9.17) is 0 Å². The number of aryl methyl sites for hydroxylation is 1. The summed E-state index contributed by atoms with van der Waals surface area (Å²) in [5, 5.41) is 0. The van der Waals surface area contributed by atoms with E-state index >= 15 is 0 Å². The standard InChI is InChI=1S/C13H17BrN2O/c1-2-10-11(14)13(17)16-12(15-10)9-6-7-3-4-8(9)5-7/h7-9H,2-6H2,1H3,(H,15,16,17). The quantitative estimate of drug-likeness (QED) is 0.912. The molecule has 92 valence electrons. The zero-order chi connectivity index (χ0) is 12.0. The summed E-state index contributed by atoms with van der Waals surface area (Å²) in [5.74, 6) is 3.07. The smallest absolute Gasteiger partial charge is 0.265 e. The van der Waals surface area contributed by atoms with Gasteiger partial charge in [0, 0.05) is 5.92 Å². The van der Waals surface area contributed by atoms with Gasteiger partial charge in [0.05, 0.1) is 5.69 Å². The highest BCUT2D eigenvalue weighted by Crippen LogP contribution is 2.51. The lowest BCUT2D eigenvalue weighted by Crippen LogP contribution is -2.20. The average Bonchev–Trinajstić information content (AvgIpc) is 2.94. The largest absolute Gasteiger partial charge is 0.309 e. The number of nitrogens with one attached hydrogen (secondary N) is 1. The Bertz CT molecular complexity index is 497. The highest BCUT2D eigenvalue weighted by molar-refractivity contribution is 9.10. The molecule has 3 rings (SSSR count). The van der Waals surface area contributed by atoms with Gasteiger partial charge in [-0.2, -0.15) is 0 Å². The van der Waals surface area contributed by atoms with Gasteiger partial charge < -0.3 is 4.98 Å². The van der Waals surface area contributed by atoms with E-state index in [1.54, 1.807) is 0 Å². The van der Waals surface area contributed by atoms with Crippen molar-refractivity contribution in [1.82, 2.24) is 9.97 Å². The highest BCUT2D eigenvalue weighted by atomic mass is 79.9. The number of fused-ring (bicyclic) bond motifs is 2. The lowest BCUT2D eigenvalue weighted by Gasteiger charge is -2.21. The van der Waals surface area contributed by atoms with Crippen molar-refractivity contribution < 1.29 is 0 Å². The van der Waals surface area contributed by atoms with Crippen LogP contribution in [0.2, 0.25) is 0 Å². The van der Waals surface area contributed by atoms with E-state index in [2.05, 4.69) is 25.9 Å². The third-order valence-electron chi connectivity index (χ3n) is 4.37. The topological polar surface area (TPSA) is 45.8 Å². The van der Waals surface area contributed by atoms with Crippen molar-refractivity contribution in [2.75, 3.05) is 0 Å². The Morgan fingerprint density at radius 1 is 1.41 bits per heavy atom. The van der Waals surface area contributed by atoms with Gasteiger partial charge in [0.15, 0.2) is 0 Å². The van der Waals surface area contributed by atoms with Crippen LogP contribution in [0.25, 0.3) is 0 Å². The molecule has 0 amide bonds. The molecule has 2 fully saturated rings. The molecule has 4 heteroatoms. The zero-order valence-corrected chi connectivity index (χ0v) is 11.6. The molecule has 0 aromatic carbocycles. The van der Waals surface area contributed by atoms with E-state index in [0.29, 0.717) is 10.4 Å². The van der Waals surface area contributed by atoms with E-state index in [9.17, 15) is 4.79 Å². The first kappa shape index (κ1) is 11.5. The number of aromatic amines is 1. The zero-order valence-electron chi connectivity index (χ0n) is 10.0. The fourth-order valence-corrected chi connectivity index (χ4v) is 3.98. The number of hydrogen-bond donors (Lipinski definition) is 1. The molecule has 1 N–H and O–H groups in total. The highest BCUT2D eigenvalue weighted by Gasteiger charge is 2.41. The molecule has 2 aliphatic rings. The van der Waals surface area contributed by atoms with Crippen LogP contribution in [0.15, 0.2) is 9.27 Å². The van der Waals surface area contributed by atoms with Crippen LogP contribution < -0.4 is 5.56 Å². The Morgan fingerprint density at radius 2 is 2.24 bits per heavy atom. The maximum Gasteiger partial charge on any atom is 0.265 e. The molecule has 1 aromatic rings. The third kappa shape index (κ3) is 1.86. The summed E-state index contributed by atoms with van der Waals surface area (Å²) >= 11 is 3.32. The summed E-state index contributed by atoms with van der Waals surface area (Å²) < 4.78 is 0.604. The summed E-state index contributed by atoms with van der Waals surface area (Å²) in [5.41, 5.74) is 0.876. The van der Waals surface area contributed by atoms with Gasteiger partial charge in [-0.15, -0.1) is 0 Å². The number of nitrogens with zero attached hydrogens (tertiary/aromatic N) is 1. The molecule has 17 heavy (non-hydrogen) atoms. The second kappa shape index (κ2) is 4.23. The second-order valence-corrected chi connectivity index (χ2v) is 6.14. The molecule has 2 bridgehead atoms. The Morgan fingerprint density at radius 3 is 2.82 bits per heavy atom. The Kier molecular flexibility index (Phi) is 2.85. The number of halogens is 1. The van der Waals surface area contributed by atoms with Crippen LogP contribution in [-0.2, 0) is 6.42 Å². The first-order chi connectivity index (χ1) is 8.19. The lowest BCUT2D eigenvalue weighted by atomic mass is 9.88. The SMILES string of the molecule is CCc1nc(C2CC3CCC2C3)[nH]c(=O)c1Br. The number of rotatable bonds is 2. The molecule has 3 unspecified atom stereocenters. The van der Waals surface area contributed by atoms with E-state index in [-0.39, 0.29) is 5.56 Å². The Balaban J connectivity index is 1.98. The predicted octanol–water partition coefficient (Wildman–Crippen LogP) is 3.00. The molecule has 2 saturated carbocycles. The Hall–Kier alpha value is -0.640. The van der Waals surface area contributed by atoms with E-state index in [1.165, 1.54) is 25.7 Å². The molecule has 2 aliphatic carbocycles. The summed E-state index contributed by atoms with van der Waals surface area (Å²) in [7, 11) is 0. The van der Waals surface area contributed by atoms with Gasteiger partial charge in [0.1, 0.15) is 10.3 Å². The van der Waals surface area contributed by atoms with Crippen molar-refractivity contribution in [2.45, 2.75) is 44.9 Å². The Labute approximate surface area is 109 Å². The minimum atomic E-state index is -0.0189. The minimum absolute atomic E-state index is 0.0189. The van der Waals surface area contributed by atoms with Crippen LogP contribution in [0.4, 0.5) is 0 Å². The molecular formula is C13H17BrN2O. The number of H-pyrrole nitrogens is 1. The van der Waals surface area contributed by atoms with Crippen molar-refractivity contribution in [3.8, 4) is 0 Å². The summed E-state index contributed by atoms with van der Waals surface area (Å²) in [6.45, 7) is 2.04. The third-order valence-corrected chi connectivity index (χ3v) is 5.19. The van der Waals surface area contributed by atoms with Gasteiger partial charge in [-0.1, -0.05) is 13.3 Å². The van der Waals surface area contributed by atoms with Crippen LogP contribution in [0.3, 0.4) is 0 Å². The van der Waals surface area contributed by atoms with Crippen molar-refractivity contribution in [3.05, 3.63) is 26.3 Å². The molecule has 1 aromatic heterocycles. The molecular weight excluding hydrogens is 280 g/mol. The summed E-state index contributed by atoms with van der Waals surface area (Å²) in [6, 6.07) is 0. The van der Waals surface area contributed by atoms with E-state index in [1.807, 2.05) is 6.92 Å². The van der Waals surface area contributed by atoms with Gasteiger partial charge in [0.2, 0.25) is 0 Å². The number of hydrogen-bond acceptors (Lipinski definition) is 2. The van der Waals surface area contributed by atoms with Crippen LogP contribution in [0.1, 0.15) is 50.0 Å². The maximum atomic E-state index is 11.8. The summed E-state index contributed by atoms with van der Waals surface area (Å²) in [4.78, 5) is 19.5. The first-order valence-corrected chi connectivity index (χ1v) is 7.27. The fourth-order valence-electron chi connectivity index (χ4n) is 3.51. The van der Waals surface area contributed by atoms with Crippen LogP contribution in [0.5, 0.6) is 0 Å². The number of aromatic nitrogens is 2. The van der Waals surface area contributed by atoms with Crippen molar-refractivity contribution >= 4 is 15.9 Å². The van der Waals surface area contributed by atoms with Crippen molar-refractivity contribution in [2.24, 2.45) is 11.8 Å². The molecule has 3 atom stereocenters. The monoisotopic (exact) mass is 296 g/mol. The van der Waals surface area contributed by atoms with Gasteiger partial charge in [-0.3, -0.25) is 4.79 Å². The van der Waals surface area contributed by atoms with Crippen molar-refractivity contribution in [1.29, 1.82) is 0 Å². The minimum Gasteiger partial charge on any atom is -0.309 e. The lowest BCUT2D eigenvalue weighted by molar-refractivity contribution is 0.403. The van der Waals surface area contributed by atoms with E-state index < -0.39 is 0 Å². The average molecular weight is 297 g/mol. The van der Waals surface area contributed by atoms with Crippen LogP contribution >= 0.6 is 15.9 Å². The molecule has 3 nitrogen and oxygen atoms in total. The molecule has 1 heterocycles. The molecule has 0 spiro atoms. The van der Waals surface area contributed by atoms with Gasteiger partial charge >= 0.3 is 0 Å². The normalized spacial score (nSPS) is 31.1. The van der Waals surface area contributed by atoms with Gasteiger partial charge in [-0.25, -0.2) is 4.98 Å². The predicted molar refractivity (Wildman–Crippen MR) is 70.1 cm³/mol. The molecule has 0 radical (unpaired) electrons.